The SMILES string of the molecule is CCCCC(C(=C=O)c1ccc2c(Cl)c(OC)ccc2c1)N1CCN(c2cccc(C)c2C)CC1. The molecule has 5 heteroatoms. The Morgan fingerprint density at radius 3 is 2.54 bits per heavy atom. The summed E-state index contributed by atoms with van der Waals surface area (Å²) in [4.78, 5) is 17.3. The topological polar surface area (TPSA) is 32.8 Å². The molecule has 1 unspecified atom stereocenters. The van der Waals surface area contributed by atoms with Crippen LogP contribution >= 0.6 is 11.6 Å². The number of piperazine rings is 1. The van der Waals surface area contributed by atoms with Crippen LogP contribution in [0.4, 0.5) is 5.69 Å². The Kier molecular flexibility index (Phi) is 8.18. The highest BCUT2D eigenvalue weighted by Gasteiger charge is 2.28. The zero-order chi connectivity index (χ0) is 24.9. The standard InChI is InChI=1S/C30H35ClN2O2/c1-5-6-9-28(33-17-15-32(16-18-33)27-10-7-8-21(2)22(27)3)26(20-34)24-11-13-25-23(19-24)12-14-29(35-4)30(25)31/h7-8,10-14,19,28H,5-6,9,15-18H2,1-4H3. The Bertz CT molecular complexity index is 1240. The minimum Gasteiger partial charge on any atom is -0.495 e. The first-order chi connectivity index (χ1) is 17.0. The Morgan fingerprint density at radius 2 is 1.86 bits per heavy atom. The Hall–Kier alpha value is -2.78. The minimum absolute atomic E-state index is 0.0550. The van der Waals surface area contributed by atoms with E-state index in [2.05, 4.69) is 60.8 Å². The molecule has 3 aromatic rings. The number of nitrogens with zero attached hydrogens (tertiary/aromatic N) is 2. The fourth-order valence-electron chi connectivity index (χ4n) is 5.18. The molecule has 0 saturated carbocycles. The number of unbranched alkanes of at least 4 members (excludes halogenated alkanes) is 1. The molecule has 184 valence electrons. The predicted octanol–water partition coefficient (Wildman–Crippen LogP) is 6.71. The fourth-order valence-corrected chi connectivity index (χ4v) is 5.49. The lowest BCUT2D eigenvalue weighted by Gasteiger charge is -2.41. The third-order valence-corrected chi connectivity index (χ3v) is 7.79. The number of rotatable bonds is 8. The molecular weight excluding hydrogens is 456 g/mol. The van der Waals surface area contributed by atoms with Gasteiger partial charge in [0.25, 0.3) is 0 Å². The van der Waals surface area contributed by atoms with Crippen molar-refractivity contribution in [1.82, 2.24) is 4.90 Å². The molecule has 0 spiro atoms. The zero-order valence-corrected chi connectivity index (χ0v) is 22.0. The van der Waals surface area contributed by atoms with Gasteiger partial charge in [0.1, 0.15) is 11.7 Å². The number of hydrogen-bond acceptors (Lipinski definition) is 4. The predicted molar refractivity (Wildman–Crippen MR) is 148 cm³/mol. The monoisotopic (exact) mass is 490 g/mol. The molecule has 0 aromatic heterocycles. The molecule has 3 aromatic carbocycles. The highest BCUT2D eigenvalue weighted by molar-refractivity contribution is 6.37. The normalized spacial score (nSPS) is 15.2. The van der Waals surface area contributed by atoms with E-state index >= 15 is 0 Å². The maximum absolute atomic E-state index is 12.4. The van der Waals surface area contributed by atoms with Crippen molar-refractivity contribution in [2.75, 3.05) is 38.2 Å². The number of carbonyl (C=O) groups excluding carboxylic acids is 1. The van der Waals surface area contributed by atoms with Crippen molar-refractivity contribution in [3.8, 4) is 5.75 Å². The van der Waals surface area contributed by atoms with Gasteiger partial charge < -0.3 is 9.64 Å². The van der Waals surface area contributed by atoms with Crippen LogP contribution in [-0.4, -0.2) is 50.2 Å². The van der Waals surface area contributed by atoms with Crippen LogP contribution in [0.15, 0.2) is 48.5 Å². The van der Waals surface area contributed by atoms with E-state index in [1.807, 2.05) is 24.3 Å². The first-order valence-corrected chi connectivity index (χ1v) is 12.9. The third kappa shape index (κ3) is 5.26. The van der Waals surface area contributed by atoms with Gasteiger partial charge in [-0.05, 0) is 60.5 Å². The number of hydrogen-bond donors (Lipinski definition) is 0. The van der Waals surface area contributed by atoms with Gasteiger partial charge in [0.2, 0.25) is 0 Å². The molecule has 0 radical (unpaired) electrons. The second-order valence-electron chi connectivity index (χ2n) is 9.43. The second kappa shape index (κ2) is 11.3. The van der Waals surface area contributed by atoms with Gasteiger partial charge in [-0.15, -0.1) is 0 Å². The van der Waals surface area contributed by atoms with Crippen LogP contribution in [0.25, 0.3) is 16.3 Å². The van der Waals surface area contributed by atoms with Crippen molar-refractivity contribution < 1.29 is 9.53 Å². The first kappa shape index (κ1) is 25.3. The summed E-state index contributed by atoms with van der Waals surface area (Å²) in [5.41, 5.74) is 5.66. The molecule has 1 heterocycles. The maximum atomic E-state index is 12.4. The molecule has 0 amide bonds. The van der Waals surface area contributed by atoms with Crippen molar-refractivity contribution in [1.29, 1.82) is 0 Å². The zero-order valence-electron chi connectivity index (χ0n) is 21.2. The van der Waals surface area contributed by atoms with E-state index in [-0.39, 0.29) is 6.04 Å². The highest BCUT2D eigenvalue weighted by atomic mass is 35.5. The van der Waals surface area contributed by atoms with Crippen LogP contribution < -0.4 is 9.64 Å². The lowest BCUT2D eigenvalue weighted by molar-refractivity contribution is 0.211. The van der Waals surface area contributed by atoms with Gasteiger partial charge >= 0.3 is 0 Å². The number of fused-ring (bicyclic) bond motifs is 1. The van der Waals surface area contributed by atoms with Gasteiger partial charge in [0, 0.05) is 43.3 Å². The van der Waals surface area contributed by atoms with E-state index in [0.717, 1.165) is 67.4 Å². The fraction of sp³-hybridized carbons (Fsp3) is 0.400. The third-order valence-electron chi connectivity index (χ3n) is 7.40. The Morgan fingerprint density at radius 1 is 1.09 bits per heavy atom. The van der Waals surface area contributed by atoms with Crippen molar-refractivity contribution in [3.05, 3.63) is 70.2 Å². The lowest BCUT2D eigenvalue weighted by atomic mass is 9.92. The molecule has 0 bridgehead atoms. The minimum atomic E-state index is 0.0550. The van der Waals surface area contributed by atoms with E-state index in [1.54, 1.807) is 7.11 Å². The van der Waals surface area contributed by atoms with Gasteiger partial charge in [-0.3, -0.25) is 4.90 Å². The van der Waals surface area contributed by atoms with Crippen LogP contribution in [0, 0.1) is 13.8 Å². The highest BCUT2D eigenvalue weighted by Crippen LogP contribution is 2.35. The molecule has 1 aliphatic rings. The number of benzene rings is 3. The van der Waals surface area contributed by atoms with Crippen LogP contribution in [0.2, 0.25) is 5.02 Å². The van der Waals surface area contributed by atoms with Gasteiger partial charge in [-0.2, -0.15) is 0 Å². The van der Waals surface area contributed by atoms with Gasteiger partial charge in [0.15, 0.2) is 0 Å². The second-order valence-corrected chi connectivity index (χ2v) is 9.81. The summed E-state index contributed by atoms with van der Waals surface area (Å²) in [6.07, 6.45) is 3.12. The first-order valence-electron chi connectivity index (χ1n) is 12.5. The quantitative estimate of drug-likeness (QED) is 0.328. The number of anilines is 1. The molecule has 1 fully saturated rings. The van der Waals surface area contributed by atoms with Crippen molar-refractivity contribution >= 4 is 39.6 Å². The summed E-state index contributed by atoms with van der Waals surface area (Å²) < 4.78 is 5.36. The van der Waals surface area contributed by atoms with Gasteiger partial charge in [0.05, 0.1) is 17.7 Å². The van der Waals surface area contributed by atoms with Gasteiger partial charge in [-0.25, -0.2) is 4.79 Å². The summed E-state index contributed by atoms with van der Waals surface area (Å²) in [5, 5.41) is 2.51. The van der Waals surface area contributed by atoms with E-state index < -0.39 is 0 Å². The van der Waals surface area contributed by atoms with Crippen LogP contribution in [0.1, 0.15) is 42.9 Å². The summed E-state index contributed by atoms with van der Waals surface area (Å²) in [5.74, 6) is 2.99. The number of aryl methyl sites for hydroxylation is 1. The summed E-state index contributed by atoms with van der Waals surface area (Å²) >= 11 is 6.52. The molecule has 4 nitrogen and oxygen atoms in total. The molecule has 1 saturated heterocycles. The number of methoxy groups -OCH3 is 1. The Labute approximate surface area is 214 Å². The van der Waals surface area contributed by atoms with Crippen molar-refractivity contribution in [2.45, 2.75) is 46.1 Å². The largest absolute Gasteiger partial charge is 0.495 e. The van der Waals surface area contributed by atoms with Crippen LogP contribution in [0.5, 0.6) is 5.75 Å². The molecule has 4 rings (SSSR count). The maximum Gasteiger partial charge on any atom is 0.138 e. The van der Waals surface area contributed by atoms with E-state index in [0.29, 0.717) is 10.8 Å². The average molecular weight is 491 g/mol. The average Bonchev–Trinajstić information content (AvgIpc) is 2.88. The smallest absolute Gasteiger partial charge is 0.138 e. The summed E-state index contributed by atoms with van der Waals surface area (Å²) in [7, 11) is 1.62. The Balaban J connectivity index is 1.59. The van der Waals surface area contributed by atoms with Crippen molar-refractivity contribution in [3.63, 3.8) is 0 Å². The van der Waals surface area contributed by atoms with E-state index in [1.165, 1.54) is 16.8 Å². The van der Waals surface area contributed by atoms with E-state index in [9.17, 15) is 4.79 Å². The number of halogens is 1. The van der Waals surface area contributed by atoms with Crippen molar-refractivity contribution in [2.24, 2.45) is 0 Å². The van der Waals surface area contributed by atoms with Crippen LogP contribution in [-0.2, 0) is 4.79 Å². The molecule has 1 aliphatic heterocycles. The van der Waals surface area contributed by atoms with E-state index in [4.69, 9.17) is 16.3 Å². The molecular formula is C30H35ClN2O2. The molecule has 35 heavy (non-hydrogen) atoms. The molecule has 0 N–H and O–H groups in total. The molecule has 0 aliphatic carbocycles. The van der Waals surface area contributed by atoms with Crippen LogP contribution in [0.3, 0.4) is 0 Å². The molecule has 1 atom stereocenters. The lowest BCUT2D eigenvalue weighted by Crippen LogP contribution is -2.51. The van der Waals surface area contributed by atoms with Gasteiger partial charge in [-0.1, -0.05) is 61.7 Å². The number of ether oxygens (including phenoxy) is 1. The summed E-state index contributed by atoms with van der Waals surface area (Å²) in [6.45, 7) is 10.3. The summed E-state index contributed by atoms with van der Waals surface area (Å²) in [6, 6.07) is 16.5.